The fourth-order valence-electron chi connectivity index (χ4n) is 2.45. The maximum atomic E-state index is 10.7. The lowest BCUT2D eigenvalue weighted by atomic mass is 9.85. The molecular formula is C19H24NOP. The van der Waals surface area contributed by atoms with E-state index in [4.69, 9.17) is 0 Å². The lowest BCUT2D eigenvalue weighted by Gasteiger charge is -2.23. The summed E-state index contributed by atoms with van der Waals surface area (Å²) in [5.74, 6) is 0.430. The van der Waals surface area contributed by atoms with Gasteiger partial charge in [0.2, 0.25) is 0 Å². The molecule has 0 amide bonds. The fraction of sp³-hybridized carbons (Fsp3) is 0.316. The molecule has 2 nitrogen and oxygen atoms in total. The number of aryl methyl sites for hydroxylation is 1. The monoisotopic (exact) mass is 313 g/mol. The number of hydrogen-bond donors (Lipinski definition) is 1. The highest BCUT2D eigenvalue weighted by atomic mass is 31.1. The number of rotatable bonds is 3. The molecule has 2 aromatic rings. The number of hydrogen-bond acceptors (Lipinski definition) is 2. The molecule has 1 unspecified atom stereocenters. The molecule has 3 heteroatoms. The third kappa shape index (κ3) is 3.75. The van der Waals surface area contributed by atoms with Crippen LogP contribution in [0.3, 0.4) is 0 Å². The van der Waals surface area contributed by atoms with Crippen LogP contribution in [0.15, 0.2) is 41.4 Å². The maximum absolute atomic E-state index is 10.7. The Bertz CT molecular complexity index is 699. The lowest BCUT2D eigenvalue weighted by Crippen LogP contribution is -2.17. The Labute approximate surface area is 135 Å². The average molecular weight is 313 g/mol. The summed E-state index contributed by atoms with van der Waals surface area (Å²) >= 11 is 0. The van der Waals surface area contributed by atoms with Gasteiger partial charge in [0.25, 0.3) is 0 Å². The van der Waals surface area contributed by atoms with E-state index in [1.165, 1.54) is 10.9 Å². The minimum Gasteiger partial charge on any atom is -0.507 e. The van der Waals surface area contributed by atoms with E-state index in [-0.39, 0.29) is 5.41 Å². The van der Waals surface area contributed by atoms with Gasteiger partial charge in [-0.2, -0.15) is 0 Å². The quantitative estimate of drug-likeness (QED) is 0.680. The van der Waals surface area contributed by atoms with Gasteiger partial charge >= 0.3 is 0 Å². The van der Waals surface area contributed by atoms with Gasteiger partial charge in [0, 0.05) is 24.1 Å². The van der Waals surface area contributed by atoms with Crippen molar-refractivity contribution in [3.8, 4) is 5.75 Å². The maximum Gasteiger partial charge on any atom is 0.127 e. The summed E-state index contributed by atoms with van der Waals surface area (Å²) in [6, 6.07) is 12.4. The van der Waals surface area contributed by atoms with Gasteiger partial charge < -0.3 is 5.11 Å². The Morgan fingerprint density at radius 2 is 1.77 bits per heavy atom. The summed E-state index contributed by atoms with van der Waals surface area (Å²) in [5.41, 5.74) is 3.24. The first-order chi connectivity index (χ1) is 10.3. The van der Waals surface area contributed by atoms with E-state index in [9.17, 15) is 5.11 Å². The standard InChI is InChI=1S/C19H24NOP/c1-13-10-15(19(2,3)4)18(21)17(11-13)22-16-9-7-6-8-14(16)12-20-5/h6-12,21-22H,1-5H3/b20-12+. The Kier molecular flexibility index (Phi) is 5.03. The largest absolute Gasteiger partial charge is 0.507 e. The number of nitrogens with zero attached hydrogens (tertiary/aromatic N) is 1. The fourth-order valence-corrected chi connectivity index (χ4v) is 3.77. The van der Waals surface area contributed by atoms with Crippen molar-refractivity contribution in [2.45, 2.75) is 33.1 Å². The van der Waals surface area contributed by atoms with Gasteiger partial charge in [-0.1, -0.05) is 59.7 Å². The molecule has 1 N–H and O–H groups in total. The first kappa shape index (κ1) is 16.7. The molecule has 22 heavy (non-hydrogen) atoms. The molecule has 1 atom stereocenters. The van der Waals surface area contributed by atoms with Crippen LogP contribution >= 0.6 is 8.58 Å². The second-order valence-electron chi connectivity index (χ2n) is 6.56. The molecule has 0 aliphatic heterocycles. The van der Waals surface area contributed by atoms with Crippen molar-refractivity contribution < 1.29 is 5.11 Å². The van der Waals surface area contributed by atoms with Crippen LogP contribution in [0.5, 0.6) is 5.75 Å². The van der Waals surface area contributed by atoms with Gasteiger partial charge in [-0.15, -0.1) is 0 Å². The van der Waals surface area contributed by atoms with Crippen LogP contribution in [-0.2, 0) is 5.41 Å². The van der Waals surface area contributed by atoms with E-state index in [1.54, 1.807) is 7.05 Å². The normalized spacial score (nSPS) is 12.6. The predicted octanol–water partition coefficient (Wildman–Crippen LogP) is 3.68. The van der Waals surface area contributed by atoms with Crippen LogP contribution in [-0.4, -0.2) is 18.4 Å². The molecular weight excluding hydrogens is 289 g/mol. The summed E-state index contributed by atoms with van der Waals surface area (Å²) in [4.78, 5) is 4.12. The Hall–Kier alpha value is -1.66. The zero-order valence-electron chi connectivity index (χ0n) is 13.9. The van der Waals surface area contributed by atoms with Crippen LogP contribution in [0, 0.1) is 6.92 Å². The molecule has 2 aromatic carbocycles. The third-order valence-electron chi connectivity index (χ3n) is 3.56. The second kappa shape index (κ2) is 6.62. The summed E-state index contributed by atoms with van der Waals surface area (Å²) in [7, 11) is 2.19. The van der Waals surface area contributed by atoms with E-state index < -0.39 is 0 Å². The molecule has 2 rings (SSSR count). The molecule has 0 heterocycles. The highest BCUT2D eigenvalue weighted by Gasteiger charge is 2.21. The Morgan fingerprint density at radius 1 is 1.09 bits per heavy atom. The van der Waals surface area contributed by atoms with Crippen molar-refractivity contribution in [1.82, 2.24) is 0 Å². The van der Waals surface area contributed by atoms with Gasteiger partial charge in [0.1, 0.15) is 5.75 Å². The molecule has 0 fully saturated rings. The van der Waals surface area contributed by atoms with E-state index in [1.807, 2.05) is 18.3 Å². The highest BCUT2D eigenvalue weighted by Crippen LogP contribution is 2.33. The van der Waals surface area contributed by atoms with Crippen molar-refractivity contribution in [2.75, 3.05) is 7.05 Å². The SMILES string of the molecule is C/N=C/c1ccccc1Pc1cc(C)cc(C(C)(C)C)c1O. The third-order valence-corrected chi connectivity index (χ3v) is 4.94. The van der Waals surface area contributed by atoms with E-state index >= 15 is 0 Å². The number of phenolic OH excluding ortho intramolecular Hbond substituents is 1. The van der Waals surface area contributed by atoms with Crippen molar-refractivity contribution >= 4 is 25.4 Å². The average Bonchev–Trinajstić information content (AvgIpc) is 2.43. The predicted molar refractivity (Wildman–Crippen MR) is 99.1 cm³/mol. The molecule has 0 aliphatic carbocycles. The van der Waals surface area contributed by atoms with Gasteiger partial charge in [0.05, 0.1) is 0 Å². The molecule has 0 bridgehead atoms. The molecule has 0 aromatic heterocycles. The zero-order valence-corrected chi connectivity index (χ0v) is 14.9. The van der Waals surface area contributed by atoms with Crippen LogP contribution in [0.4, 0.5) is 0 Å². The summed E-state index contributed by atoms with van der Waals surface area (Å²) < 4.78 is 0. The summed E-state index contributed by atoms with van der Waals surface area (Å²) in [6.45, 7) is 8.48. The van der Waals surface area contributed by atoms with Gasteiger partial charge in [-0.25, -0.2) is 0 Å². The van der Waals surface area contributed by atoms with E-state index in [0.29, 0.717) is 14.3 Å². The minimum absolute atomic E-state index is 0.0697. The molecule has 0 saturated carbocycles. The number of benzene rings is 2. The van der Waals surface area contributed by atoms with Crippen molar-refractivity contribution in [3.63, 3.8) is 0 Å². The minimum atomic E-state index is -0.0697. The van der Waals surface area contributed by atoms with Crippen molar-refractivity contribution in [3.05, 3.63) is 53.1 Å². The molecule has 0 radical (unpaired) electrons. The lowest BCUT2D eigenvalue weighted by molar-refractivity contribution is 0.450. The van der Waals surface area contributed by atoms with Crippen LogP contribution in [0.25, 0.3) is 0 Å². The number of aromatic hydroxyl groups is 1. The molecule has 116 valence electrons. The molecule has 0 saturated heterocycles. The number of aliphatic imine (C=N–C) groups is 1. The topological polar surface area (TPSA) is 32.6 Å². The zero-order chi connectivity index (χ0) is 16.3. The van der Waals surface area contributed by atoms with Crippen molar-refractivity contribution in [1.29, 1.82) is 0 Å². The molecule has 0 spiro atoms. The van der Waals surface area contributed by atoms with Crippen LogP contribution in [0.2, 0.25) is 0 Å². The smallest absolute Gasteiger partial charge is 0.127 e. The van der Waals surface area contributed by atoms with Crippen LogP contribution < -0.4 is 10.6 Å². The van der Waals surface area contributed by atoms with E-state index in [2.05, 4.69) is 57.0 Å². The second-order valence-corrected chi connectivity index (χ2v) is 7.89. The first-order valence-electron chi connectivity index (χ1n) is 7.45. The number of phenols is 1. The summed E-state index contributed by atoms with van der Waals surface area (Å²) in [5, 5.41) is 12.9. The van der Waals surface area contributed by atoms with Gasteiger partial charge in [0.15, 0.2) is 0 Å². The highest BCUT2D eigenvalue weighted by molar-refractivity contribution is 7.56. The first-order valence-corrected chi connectivity index (χ1v) is 8.45. The van der Waals surface area contributed by atoms with Crippen LogP contribution in [0.1, 0.15) is 37.5 Å². The summed E-state index contributed by atoms with van der Waals surface area (Å²) in [6.07, 6.45) is 1.87. The van der Waals surface area contributed by atoms with E-state index in [0.717, 1.165) is 16.4 Å². The Balaban J connectivity index is 2.49. The van der Waals surface area contributed by atoms with Crippen molar-refractivity contribution in [2.24, 2.45) is 4.99 Å². The Morgan fingerprint density at radius 3 is 2.41 bits per heavy atom. The van der Waals surface area contributed by atoms with Gasteiger partial charge in [-0.05, 0) is 34.8 Å². The van der Waals surface area contributed by atoms with Gasteiger partial charge in [-0.3, -0.25) is 4.99 Å². The molecule has 0 aliphatic rings.